The van der Waals surface area contributed by atoms with Gasteiger partial charge in [-0.2, -0.15) is 5.26 Å². The molecule has 0 fully saturated rings. The van der Waals surface area contributed by atoms with Crippen LogP contribution in [-0.2, 0) is 0 Å². The number of aryl methyl sites for hydroxylation is 1. The Balaban J connectivity index is 1.94. The van der Waals surface area contributed by atoms with Gasteiger partial charge in [0.25, 0.3) is 0 Å². The van der Waals surface area contributed by atoms with Crippen LogP contribution in [0.2, 0.25) is 0 Å². The molecule has 1 N–H and O–H groups in total. The lowest BCUT2D eigenvalue weighted by molar-refractivity contribution is 0.104. The molecular formula is C25H18N2O. The van der Waals surface area contributed by atoms with Crippen molar-refractivity contribution in [2.75, 3.05) is 0 Å². The zero-order valence-corrected chi connectivity index (χ0v) is 15.4. The number of ketones is 1. The molecule has 28 heavy (non-hydrogen) atoms. The van der Waals surface area contributed by atoms with Gasteiger partial charge in [-0.05, 0) is 24.1 Å². The maximum Gasteiger partial charge on any atom is 0.203 e. The van der Waals surface area contributed by atoms with Crippen molar-refractivity contribution in [3.05, 3.63) is 101 Å². The summed E-state index contributed by atoms with van der Waals surface area (Å²) in [6, 6.07) is 27.0. The molecule has 0 aliphatic carbocycles. The number of aromatic nitrogens is 1. The monoisotopic (exact) mass is 362 g/mol. The summed E-state index contributed by atoms with van der Waals surface area (Å²) < 4.78 is 0. The van der Waals surface area contributed by atoms with E-state index in [1.807, 2.05) is 61.5 Å². The van der Waals surface area contributed by atoms with Crippen LogP contribution < -0.4 is 0 Å². The molecule has 0 amide bonds. The molecular weight excluding hydrogens is 344 g/mol. The predicted molar refractivity (Wildman–Crippen MR) is 113 cm³/mol. The van der Waals surface area contributed by atoms with E-state index >= 15 is 0 Å². The summed E-state index contributed by atoms with van der Waals surface area (Å²) in [7, 11) is 0. The molecule has 3 heteroatoms. The van der Waals surface area contributed by atoms with Crippen LogP contribution in [0.4, 0.5) is 0 Å². The van der Waals surface area contributed by atoms with E-state index in [0.29, 0.717) is 5.56 Å². The molecule has 0 atom stereocenters. The molecule has 0 saturated carbocycles. The van der Waals surface area contributed by atoms with Gasteiger partial charge in [0, 0.05) is 22.0 Å². The Hall–Kier alpha value is -3.90. The predicted octanol–water partition coefficient (Wildman–Crippen LogP) is 5.93. The van der Waals surface area contributed by atoms with Gasteiger partial charge >= 0.3 is 0 Å². The minimum absolute atomic E-state index is 0.116. The molecule has 1 aromatic heterocycles. The SMILES string of the molecule is Cc1cccc2c(/C=C(\C#N)C(=O)c3ccccc3)c(-c3ccccc3)[nH]c12. The van der Waals surface area contributed by atoms with E-state index in [2.05, 4.69) is 11.1 Å². The van der Waals surface area contributed by atoms with Gasteiger partial charge in [-0.1, -0.05) is 78.9 Å². The normalized spacial score (nSPS) is 11.4. The van der Waals surface area contributed by atoms with Gasteiger partial charge in [-0.15, -0.1) is 0 Å². The fourth-order valence-corrected chi connectivity index (χ4v) is 3.41. The lowest BCUT2D eigenvalue weighted by Crippen LogP contribution is -2.01. The minimum atomic E-state index is -0.274. The van der Waals surface area contributed by atoms with Crippen LogP contribution in [0.25, 0.3) is 28.2 Å². The Labute approximate surface area is 163 Å². The molecule has 4 aromatic rings. The number of carbonyl (C=O) groups excluding carboxylic acids is 1. The number of benzene rings is 3. The highest BCUT2D eigenvalue weighted by atomic mass is 16.1. The first-order chi connectivity index (χ1) is 13.7. The Kier molecular flexibility index (Phi) is 4.62. The van der Waals surface area contributed by atoms with Crippen molar-refractivity contribution in [3.8, 4) is 17.3 Å². The van der Waals surface area contributed by atoms with Crippen LogP contribution in [0, 0.1) is 18.3 Å². The van der Waals surface area contributed by atoms with Crippen molar-refractivity contribution < 1.29 is 4.79 Å². The van der Waals surface area contributed by atoms with E-state index in [-0.39, 0.29) is 11.4 Å². The molecule has 4 rings (SSSR count). The lowest BCUT2D eigenvalue weighted by atomic mass is 9.98. The van der Waals surface area contributed by atoms with E-state index in [1.54, 1.807) is 30.3 Å². The van der Waals surface area contributed by atoms with Crippen LogP contribution >= 0.6 is 0 Å². The molecule has 3 aromatic carbocycles. The highest BCUT2D eigenvalue weighted by Gasteiger charge is 2.17. The van der Waals surface area contributed by atoms with E-state index in [9.17, 15) is 10.1 Å². The maximum absolute atomic E-state index is 12.9. The zero-order chi connectivity index (χ0) is 19.5. The third-order valence-corrected chi connectivity index (χ3v) is 4.83. The molecule has 0 saturated heterocycles. The van der Waals surface area contributed by atoms with Crippen molar-refractivity contribution in [2.24, 2.45) is 0 Å². The smallest absolute Gasteiger partial charge is 0.203 e. The number of nitrogens with one attached hydrogen (secondary N) is 1. The third-order valence-electron chi connectivity index (χ3n) is 4.83. The van der Waals surface area contributed by atoms with Crippen LogP contribution in [0.1, 0.15) is 21.5 Å². The lowest BCUT2D eigenvalue weighted by Gasteiger charge is -2.03. The summed E-state index contributed by atoms with van der Waals surface area (Å²) in [6.45, 7) is 2.04. The van der Waals surface area contributed by atoms with Gasteiger partial charge in [0.05, 0.1) is 5.69 Å². The number of fused-ring (bicyclic) bond motifs is 1. The van der Waals surface area contributed by atoms with Crippen LogP contribution in [-0.4, -0.2) is 10.8 Å². The van der Waals surface area contributed by atoms with Crippen LogP contribution in [0.3, 0.4) is 0 Å². The molecule has 0 aliphatic heterocycles. The highest BCUT2D eigenvalue weighted by Crippen LogP contribution is 2.33. The van der Waals surface area contributed by atoms with E-state index in [1.165, 1.54) is 0 Å². The number of rotatable bonds is 4. The van der Waals surface area contributed by atoms with Crippen molar-refractivity contribution in [3.63, 3.8) is 0 Å². The largest absolute Gasteiger partial charge is 0.354 e. The Morgan fingerprint density at radius 2 is 1.61 bits per heavy atom. The summed E-state index contributed by atoms with van der Waals surface area (Å²) in [4.78, 5) is 16.3. The van der Waals surface area contributed by atoms with Crippen LogP contribution in [0.15, 0.2) is 84.4 Å². The second-order valence-electron chi connectivity index (χ2n) is 6.64. The topological polar surface area (TPSA) is 56.6 Å². The number of nitriles is 1. The number of para-hydroxylation sites is 1. The van der Waals surface area contributed by atoms with Gasteiger partial charge in [0.15, 0.2) is 0 Å². The molecule has 0 spiro atoms. The number of hydrogen-bond donors (Lipinski definition) is 1. The van der Waals surface area contributed by atoms with Gasteiger partial charge in [-0.3, -0.25) is 4.79 Å². The first-order valence-corrected chi connectivity index (χ1v) is 9.07. The molecule has 0 radical (unpaired) electrons. The van der Waals surface area contributed by atoms with E-state index in [4.69, 9.17) is 0 Å². The number of aromatic amines is 1. The number of nitrogens with zero attached hydrogens (tertiary/aromatic N) is 1. The number of carbonyl (C=O) groups is 1. The second-order valence-corrected chi connectivity index (χ2v) is 6.64. The first kappa shape index (κ1) is 17.5. The number of hydrogen-bond acceptors (Lipinski definition) is 2. The van der Waals surface area contributed by atoms with Crippen molar-refractivity contribution in [1.82, 2.24) is 4.98 Å². The fraction of sp³-hybridized carbons (Fsp3) is 0.0400. The minimum Gasteiger partial charge on any atom is -0.354 e. The first-order valence-electron chi connectivity index (χ1n) is 9.07. The summed E-state index contributed by atoms with van der Waals surface area (Å²) in [5, 5.41) is 10.7. The summed E-state index contributed by atoms with van der Waals surface area (Å²) in [5.74, 6) is -0.274. The summed E-state index contributed by atoms with van der Waals surface area (Å²) >= 11 is 0. The van der Waals surface area contributed by atoms with Crippen LogP contribution in [0.5, 0.6) is 0 Å². The Bertz CT molecular complexity index is 1230. The fourth-order valence-electron chi connectivity index (χ4n) is 3.41. The number of allylic oxidation sites excluding steroid dienone is 1. The average Bonchev–Trinajstić information content (AvgIpc) is 3.12. The molecule has 0 unspecified atom stereocenters. The molecule has 0 bridgehead atoms. The molecule has 134 valence electrons. The molecule has 1 heterocycles. The van der Waals surface area contributed by atoms with Gasteiger partial charge in [0.1, 0.15) is 11.6 Å². The van der Waals surface area contributed by atoms with Gasteiger partial charge in [-0.25, -0.2) is 0 Å². The van der Waals surface area contributed by atoms with Gasteiger partial charge < -0.3 is 4.98 Å². The number of H-pyrrole nitrogens is 1. The Morgan fingerprint density at radius 3 is 2.29 bits per heavy atom. The van der Waals surface area contributed by atoms with E-state index < -0.39 is 0 Å². The average molecular weight is 362 g/mol. The van der Waals surface area contributed by atoms with Gasteiger partial charge in [0.2, 0.25) is 5.78 Å². The Morgan fingerprint density at radius 1 is 0.929 bits per heavy atom. The summed E-state index contributed by atoms with van der Waals surface area (Å²) in [5.41, 5.74) is 5.51. The number of Topliss-reactive ketones (excluding diaryl/α,β-unsaturated/α-hetero) is 1. The van der Waals surface area contributed by atoms with Crippen molar-refractivity contribution in [1.29, 1.82) is 5.26 Å². The third kappa shape index (κ3) is 3.13. The standard InChI is InChI=1S/C25H18N2O/c1-17-9-8-14-21-22(24(27-23(17)21)18-10-4-2-5-11-18)15-20(16-26)25(28)19-12-6-3-7-13-19/h2-15,27H,1H3/b20-15+. The quantitative estimate of drug-likeness (QED) is 0.278. The van der Waals surface area contributed by atoms with E-state index in [0.717, 1.165) is 33.3 Å². The molecule has 3 nitrogen and oxygen atoms in total. The maximum atomic E-state index is 12.9. The van der Waals surface area contributed by atoms with Crippen molar-refractivity contribution >= 4 is 22.8 Å². The zero-order valence-electron chi connectivity index (χ0n) is 15.4. The van der Waals surface area contributed by atoms with Crippen molar-refractivity contribution in [2.45, 2.75) is 6.92 Å². The second kappa shape index (κ2) is 7.38. The molecule has 0 aliphatic rings. The summed E-state index contributed by atoms with van der Waals surface area (Å²) in [6.07, 6.45) is 1.70. The highest BCUT2D eigenvalue weighted by molar-refractivity contribution is 6.15.